The largest absolute Gasteiger partial charge is 0.382 e. The van der Waals surface area contributed by atoms with Crippen LogP contribution in [0.25, 0.3) is 0 Å². The van der Waals surface area contributed by atoms with Crippen molar-refractivity contribution in [2.24, 2.45) is 5.92 Å². The van der Waals surface area contributed by atoms with Gasteiger partial charge in [-0.1, -0.05) is 32.0 Å². The standard InChI is InChI=1S/C14H22ClNO/c1-11(2)10-17-9-8-16-14-7-5-4-6-13(14)12(3)15/h4-7,11-12,16H,8-10H2,1-3H3. The zero-order valence-corrected chi connectivity index (χ0v) is 11.6. The van der Waals surface area contributed by atoms with Crippen LogP contribution in [-0.4, -0.2) is 19.8 Å². The van der Waals surface area contributed by atoms with E-state index in [1.165, 1.54) is 0 Å². The lowest BCUT2D eigenvalue weighted by Crippen LogP contribution is -2.13. The third-order valence-electron chi connectivity index (χ3n) is 2.40. The van der Waals surface area contributed by atoms with Crippen molar-refractivity contribution in [2.75, 3.05) is 25.1 Å². The molecule has 0 amide bonds. The normalized spacial score (nSPS) is 12.8. The molecule has 0 radical (unpaired) electrons. The molecule has 17 heavy (non-hydrogen) atoms. The predicted octanol–water partition coefficient (Wildman–Crippen LogP) is 4.07. The summed E-state index contributed by atoms with van der Waals surface area (Å²) in [7, 11) is 0. The summed E-state index contributed by atoms with van der Waals surface area (Å²) >= 11 is 6.12. The van der Waals surface area contributed by atoms with Crippen LogP contribution in [0.1, 0.15) is 31.7 Å². The highest BCUT2D eigenvalue weighted by Gasteiger charge is 2.06. The first-order valence-electron chi connectivity index (χ1n) is 6.16. The second-order valence-corrected chi connectivity index (χ2v) is 5.25. The van der Waals surface area contributed by atoms with Gasteiger partial charge in [0.2, 0.25) is 0 Å². The van der Waals surface area contributed by atoms with Crippen LogP contribution in [0.3, 0.4) is 0 Å². The van der Waals surface area contributed by atoms with Crippen LogP contribution in [0.5, 0.6) is 0 Å². The van der Waals surface area contributed by atoms with Crippen molar-refractivity contribution < 1.29 is 4.74 Å². The topological polar surface area (TPSA) is 21.3 Å². The van der Waals surface area contributed by atoms with E-state index in [-0.39, 0.29) is 5.38 Å². The summed E-state index contributed by atoms with van der Waals surface area (Å²) in [6.45, 7) is 8.64. The minimum atomic E-state index is 0.0234. The zero-order chi connectivity index (χ0) is 12.7. The van der Waals surface area contributed by atoms with E-state index in [1.54, 1.807) is 0 Å². The number of halogens is 1. The number of para-hydroxylation sites is 1. The number of benzene rings is 1. The maximum atomic E-state index is 6.12. The lowest BCUT2D eigenvalue weighted by molar-refractivity contribution is 0.118. The summed E-state index contributed by atoms with van der Waals surface area (Å²) in [6, 6.07) is 8.13. The van der Waals surface area contributed by atoms with Crippen LogP contribution in [0.15, 0.2) is 24.3 Å². The van der Waals surface area contributed by atoms with Gasteiger partial charge in [-0.3, -0.25) is 0 Å². The van der Waals surface area contributed by atoms with Gasteiger partial charge in [0, 0.05) is 18.8 Å². The van der Waals surface area contributed by atoms with Crippen LogP contribution in [0.4, 0.5) is 5.69 Å². The molecule has 1 rings (SSSR count). The molecule has 1 unspecified atom stereocenters. The summed E-state index contributed by atoms with van der Waals surface area (Å²) < 4.78 is 5.52. The number of alkyl halides is 1. The van der Waals surface area contributed by atoms with E-state index in [0.717, 1.165) is 31.0 Å². The van der Waals surface area contributed by atoms with E-state index in [4.69, 9.17) is 16.3 Å². The molecule has 1 atom stereocenters. The number of hydrogen-bond donors (Lipinski definition) is 1. The maximum Gasteiger partial charge on any atom is 0.0639 e. The van der Waals surface area contributed by atoms with Crippen LogP contribution in [-0.2, 0) is 4.74 Å². The van der Waals surface area contributed by atoms with Gasteiger partial charge < -0.3 is 10.1 Å². The van der Waals surface area contributed by atoms with Crippen molar-refractivity contribution in [1.29, 1.82) is 0 Å². The fourth-order valence-corrected chi connectivity index (χ4v) is 1.77. The Morgan fingerprint density at radius 1 is 1.24 bits per heavy atom. The molecule has 0 aliphatic carbocycles. The third-order valence-corrected chi connectivity index (χ3v) is 2.64. The smallest absolute Gasteiger partial charge is 0.0639 e. The van der Waals surface area contributed by atoms with E-state index < -0.39 is 0 Å². The molecule has 3 heteroatoms. The van der Waals surface area contributed by atoms with Crippen LogP contribution in [0.2, 0.25) is 0 Å². The Bertz CT molecular complexity index is 326. The Morgan fingerprint density at radius 2 is 1.94 bits per heavy atom. The van der Waals surface area contributed by atoms with Gasteiger partial charge in [-0.2, -0.15) is 0 Å². The summed E-state index contributed by atoms with van der Waals surface area (Å²) in [4.78, 5) is 0. The first kappa shape index (κ1) is 14.3. The number of hydrogen-bond acceptors (Lipinski definition) is 2. The average Bonchev–Trinajstić information content (AvgIpc) is 2.28. The van der Waals surface area contributed by atoms with E-state index in [9.17, 15) is 0 Å². The molecule has 1 N–H and O–H groups in total. The van der Waals surface area contributed by atoms with E-state index in [2.05, 4.69) is 31.3 Å². The van der Waals surface area contributed by atoms with E-state index in [1.807, 2.05) is 19.1 Å². The van der Waals surface area contributed by atoms with Crippen LogP contribution >= 0.6 is 11.6 Å². The first-order valence-corrected chi connectivity index (χ1v) is 6.59. The predicted molar refractivity (Wildman–Crippen MR) is 74.9 cm³/mol. The molecule has 0 saturated heterocycles. The Hall–Kier alpha value is -0.730. The van der Waals surface area contributed by atoms with E-state index >= 15 is 0 Å². The second kappa shape index (κ2) is 7.57. The van der Waals surface area contributed by atoms with Gasteiger partial charge in [0.15, 0.2) is 0 Å². The van der Waals surface area contributed by atoms with Crippen LogP contribution in [0, 0.1) is 5.92 Å². The van der Waals surface area contributed by atoms with Crippen molar-refractivity contribution >= 4 is 17.3 Å². The van der Waals surface area contributed by atoms with Gasteiger partial charge in [0.25, 0.3) is 0 Å². The molecule has 0 heterocycles. The Kier molecular flexibility index (Phi) is 6.38. The molecule has 0 aromatic heterocycles. The molecule has 0 bridgehead atoms. The summed E-state index contributed by atoms with van der Waals surface area (Å²) in [6.07, 6.45) is 0. The van der Waals surface area contributed by atoms with Crippen molar-refractivity contribution in [2.45, 2.75) is 26.1 Å². The van der Waals surface area contributed by atoms with Crippen molar-refractivity contribution in [3.8, 4) is 0 Å². The lowest BCUT2D eigenvalue weighted by atomic mass is 10.1. The van der Waals surface area contributed by atoms with Gasteiger partial charge in [-0.05, 0) is 24.5 Å². The summed E-state index contributed by atoms with van der Waals surface area (Å²) in [5.41, 5.74) is 2.24. The first-order chi connectivity index (χ1) is 8.11. The molecule has 0 fully saturated rings. The Labute approximate surface area is 109 Å². The van der Waals surface area contributed by atoms with Gasteiger partial charge >= 0.3 is 0 Å². The minimum absolute atomic E-state index is 0.0234. The number of ether oxygens (including phenoxy) is 1. The number of anilines is 1. The van der Waals surface area contributed by atoms with Gasteiger partial charge in [0.1, 0.15) is 0 Å². The molecule has 0 aliphatic rings. The monoisotopic (exact) mass is 255 g/mol. The molecule has 0 aliphatic heterocycles. The van der Waals surface area contributed by atoms with Crippen molar-refractivity contribution in [3.05, 3.63) is 29.8 Å². The SMILES string of the molecule is CC(C)COCCNc1ccccc1C(C)Cl. The zero-order valence-electron chi connectivity index (χ0n) is 10.9. The van der Waals surface area contributed by atoms with Gasteiger partial charge in [-0.15, -0.1) is 11.6 Å². The molecule has 1 aromatic carbocycles. The van der Waals surface area contributed by atoms with Gasteiger partial charge in [0.05, 0.1) is 12.0 Å². The third kappa shape index (κ3) is 5.42. The lowest BCUT2D eigenvalue weighted by Gasteiger charge is -2.14. The quantitative estimate of drug-likeness (QED) is 0.586. The molecular weight excluding hydrogens is 234 g/mol. The summed E-state index contributed by atoms with van der Waals surface area (Å²) in [5.74, 6) is 0.588. The number of nitrogens with one attached hydrogen (secondary N) is 1. The van der Waals surface area contributed by atoms with Crippen LogP contribution < -0.4 is 5.32 Å². The second-order valence-electron chi connectivity index (χ2n) is 4.60. The molecular formula is C14H22ClNO. The fraction of sp³-hybridized carbons (Fsp3) is 0.571. The summed E-state index contributed by atoms with van der Waals surface area (Å²) in [5, 5.41) is 3.38. The highest BCUT2D eigenvalue weighted by Crippen LogP contribution is 2.26. The number of rotatable bonds is 7. The average molecular weight is 256 g/mol. The highest BCUT2D eigenvalue weighted by atomic mass is 35.5. The maximum absolute atomic E-state index is 6.12. The van der Waals surface area contributed by atoms with Crippen molar-refractivity contribution in [3.63, 3.8) is 0 Å². The Balaban J connectivity index is 2.36. The Morgan fingerprint density at radius 3 is 2.59 bits per heavy atom. The van der Waals surface area contributed by atoms with Gasteiger partial charge in [-0.25, -0.2) is 0 Å². The van der Waals surface area contributed by atoms with E-state index in [0.29, 0.717) is 5.92 Å². The molecule has 0 spiro atoms. The highest BCUT2D eigenvalue weighted by molar-refractivity contribution is 6.21. The molecule has 2 nitrogen and oxygen atoms in total. The molecule has 0 saturated carbocycles. The minimum Gasteiger partial charge on any atom is -0.382 e. The molecule has 1 aromatic rings. The molecule has 96 valence electrons. The van der Waals surface area contributed by atoms with Crippen molar-refractivity contribution in [1.82, 2.24) is 0 Å². The fourth-order valence-electron chi connectivity index (χ4n) is 1.58.